The van der Waals surface area contributed by atoms with Crippen LogP contribution < -0.4 is 0 Å². The zero-order chi connectivity index (χ0) is 10.3. The minimum atomic E-state index is -0.820. The number of hydrogen-bond donors (Lipinski definition) is 1. The van der Waals surface area contributed by atoms with Gasteiger partial charge in [-0.05, 0) is 26.4 Å². The number of carbonyl (C=O) groups is 1. The molecular formula is C10H19NO2. The van der Waals surface area contributed by atoms with Crippen LogP contribution in [0.4, 0.5) is 0 Å². The van der Waals surface area contributed by atoms with Crippen LogP contribution >= 0.6 is 0 Å². The van der Waals surface area contributed by atoms with Crippen molar-refractivity contribution < 1.29 is 9.90 Å². The fraction of sp³-hybridized carbons (Fsp3) is 0.700. The van der Waals surface area contributed by atoms with Gasteiger partial charge in [0.2, 0.25) is 0 Å². The van der Waals surface area contributed by atoms with E-state index in [-0.39, 0.29) is 0 Å². The molecule has 0 aromatic rings. The fourth-order valence-corrected chi connectivity index (χ4v) is 1.09. The second-order valence-corrected chi connectivity index (χ2v) is 3.01. The summed E-state index contributed by atoms with van der Waals surface area (Å²) in [6, 6.07) is 0. The highest BCUT2D eigenvalue weighted by molar-refractivity contribution is 5.85. The zero-order valence-electron chi connectivity index (χ0n) is 8.71. The van der Waals surface area contributed by atoms with Crippen molar-refractivity contribution in [2.45, 2.75) is 27.2 Å². The van der Waals surface area contributed by atoms with Crippen LogP contribution in [0.15, 0.2) is 11.6 Å². The van der Waals surface area contributed by atoms with Crippen molar-refractivity contribution >= 4 is 5.97 Å². The highest BCUT2D eigenvalue weighted by atomic mass is 16.4. The molecule has 0 radical (unpaired) electrons. The van der Waals surface area contributed by atoms with E-state index in [0.717, 1.165) is 26.1 Å². The monoisotopic (exact) mass is 185 g/mol. The van der Waals surface area contributed by atoms with Crippen LogP contribution in [0.2, 0.25) is 0 Å². The van der Waals surface area contributed by atoms with Gasteiger partial charge in [0.15, 0.2) is 0 Å². The lowest BCUT2D eigenvalue weighted by molar-refractivity contribution is -0.132. The van der Waals surface area contributed by atoms with Crippen LogP contribution in [0.3, 0.4) is 0 Å². The highest BCUT2D eigenvalue weighted by Gasteiger charge is 2.00. The number of hydrogen-bond acceptors (Lipinski definition) is 2. The van der Waals surface area contributed by atoms with Gasteiger partial charge in [0, 0.05) is 12.1 Å². The Morgan fingerprint density at radius 2 is 1.92 bits per heavy atom. The Hall–Kier alpha value is -0.830. The first-order valence-corrected chi connectivity index (χ1v) is 4.74. The highest BCUT2D eigenvalue weighted by Crippen LogP contribution is 1.97. The van der Waals surface area contributed by atoms with Crippen LogP contribution in [0, 0.1) is 0 Å². The van der Waals surface area contributed by atoms with Crippen molar-refractivity contribution in [3.63, 3.8) is 0 Å². The zero-order valence-corrected chi connectivity index (χ0v) is 8.71. The molecule has 0 heterocycles. The molecule has 0 amide bonds. The molecule has 0 atom stereocenters. The van der Waals surface area contributed by atoms with E-state index in [9.17, 15) is 4.79 Å². The Labute approximate surface area is 80.0 Å². The molecule has 1 N–H and O–H groups in total. The molecule has 0 unspecified atom stereocenters. The molecule has 0 aromatic heterocycles. The van der Waals surface area contributed by atoms with Gasteiger partial charge < -0.3 is 10.0 Å². The van der Waals surface area contributed by atoms with Crippen LogP contribution in [0.1, 0.15) is 27.2 Å². The lowest BCUT2D eigenvalue weighted by atomic mass is 10.2. The first kappa shape index (κ1) is 12.2. The van der Waals surface area contributed by atoms with Crippen molar-refractivity contribution in [3.05, 3.63) is 11.6 Å². The molecule has 0 aromatic carbocycles. The average molecular weight is 185 g/mol. The van der Waals surface area contributed by atoms with Gasteiger partial charge in [-0.25, -0.2) is 4.79 Å². The number of rotatable bonds is 6. The summed E-state index contributed by atoms with van der Waals surface area (Å²) >= 11 is 0. The van der Waals surface area contributed by atoms with E-state index < -0.39 is 5.97 Å². The Morgan fingerprint density at radius 3 is 2.31 bits per heavy atom. The second kappa shape index (κ2) is 6.66. The van der Waals surface area contributed by atoms with E-state index in [1.165, 1.54) is 0 Å². The van der Waals surface area contributed by atoms with Gasteiger partial charge in [-0.3, -0.25) is 0 Å². The lowest BCUT2D eigenvalue weighted by Crippen LogP contribution is -2.23. The Bertz CT molecular complexity index is 183. The Morgan fingerprint density at radius 1 is 1.38 bits per heavy atom. The molecule has 0 aliphatic rings. The molecule has 0 rings (SSSR count). The van der Waals surface area contributed by atoms with Gasteiger partial charge in [-0.2, -0.15) is 0 Å². The summed E-state index contributed by atoms with van der Waals surface area (Å²) in [6.45, 7) is 8.84. The third-order valence-electron chi connectivity index (χ3n) is 2.13. The fourth-order valence-electron chi connectivity index (χ4n) is 1.09. The Balaban J connectivity index is 3.76. The summed E-state index contributed by atoms with van der Waals surface area (Å²) in [4.78, 5) is 12.7. The lowest BCUT2D eigenvalue weighted by Gasteiger charge is -2.16. The van der Waals surface area contributed by atoms with Crippen molar-refractivity contribution in [2.24, 2.45) is 0 Å². The largest absolute Gasteiger partial charge is 0.478 e. The van der Waals surface area contributed by atoms with E-state index in [1.54, 1.807) is 13.0 Å². The topological polar surface area (TPSA) is 40.5 Å². The predicted octanol–water partition coefficient (Wildman–Crippen LogP) is 1.75. The molecule has 0 aliphatic carbocycles. The molecule has 0 spiro atoms. The molecule has 13 heavy (non-hydrogen) atoms. The molecule has 3 nitrogen and oxygen atoms in total. The van der Waals surface area contributed by atoms with Crippen LogP contribution in [-0.2, 0) is 4.79 Å². The standard InChI is InChI=1S/C10H19NO2/c1-4-11(5-2)8-6-7-9(3)10(12)13/h7H,4-6,8H2,1-3H3,(H,12,13)/b9-7+. The quantitative estimate of drug-likeness (QED) is 0.641. The van der Waals surface area contributed by atoms with Crippen molar-refractivity contribution in [1.82, 2.24) is 4.90 Å². The number of carboxylic acid groups (broad SMARTS) is 1. The third kappa shape index (κ3) is 5.42. The number of carboxylic acids is 1. The normalized spacial score (nSPS) is 12.2. The minimum Gasteiger partial charge on any atom is -0.478 e. The number of nitrogens with zero attached hydrogens (tertiary/aromatic N) is 1. The third-order valence-corrected chi connectivity index (χ3v) is 2.13. The van der Waals surface area contributed by atoms with Gasteiger partial charge in [0.1, 0.15) is 0 Å². The molecule has 0 aliphatic heterocycles. The predicted molar refractivity (Wildman–Crippen MR) is 53.8 cm³/mol. The first-order valence-electron chi connectivity index (χ1n) is 4.74. The summed E-state index contributed by atoms with van der Waals surface area (Å²) in [7, 11) is 0. The Kier molecular flexibility index (Phi) is 6.24. The second-order valence-electron chi connectivity index (χ2n) is 3.01. The minimum absolute atomic E-state index is 0.437. The van der Waals surface area contributed by atoms with Crippen LogP contribution in [0.5, 0.6) is 0 Å². The van der Waals surface area contributed by atoms with Gasteiger partial charge in [-0.1, -0.05) is 19.9 Å². The van der Waals surface area contributed by atoms with Crippen LogP contribution in [-0.4, -0.2) is 35.6 Å². The van der Waals surface area contributed by atoms with E-state index in [1.807, 2.05) is 0 Å². The summed E-state index contributed by atoms with van der Waals surface area (Å²) < 4.78 is 0. The smallest absolute Gasteiger partial charge is 0.330 e. The van der Waals surface area contributed by atoms with Gasteiger partial charge in [-0.15, -0.1) is 0 Å². The molecule has 0 saturated heterocycles. The van der Waals surface area contributed by atoms with Crippen LogP contribution in [0.25, 0.3) is 0 Å². The summed E-state index contributed by atoms with van der Waals surface area (Å²) in [5, 5.41) is 8.58. The van der Waals surface area contributed by atoms with E-state index in [2.05, 4.69) is 18.7 Å². The maximum absolute atomic E-state index is 10.4. The van der Waals surface area contributed by atoms with E-state index >= 15 is 0 Å². The van der Waals surface area contributed by atoms with Gasteiger partial charge in [0.05, 0.1) is 0 Å². The molecule has 0 saturated carbocycles. The maximum Gasteiger partial charge on any atom is 0.330 e. The molecule has 3 heteroatoms. The molecule has 0 bridgehead atoms. The summed E-state index contributed by atoms with van der Waals surface area (Å²) in [5.41, 5.74) is 0.437. The van der Waals surface area contributed by atoms with E-state index in [4.69, 9.17) is 5.11 Å². The van der Waals surface area contributed by atoms with Gasteiger partial charge in [0.25, 0.3) is 0 Å². The van der Waals surface area contributed by atoms with Crippen molar-refractivity contribution in [3.8, 4) is 0 Å². The first-order chi connectivity index (χ1) is 6.11. The number of aliphatic carboxylic acids is 1. The van der Waals surface area contributed by atoms with Crippen molar-refractivity contribution in [2.75, 3.05) is 19.6 Å². The van der Waals surface area contributed by atoms with Gasteiger partial charge >= 0.3 is 5.97 Å². The maximum atomic E-state index is 10.4. The molecular weight excluding hydrogens is 166 g/mol. The molecule has 76 valence electrons. The molecule has 0 fully saturated rings. The average Bonchev–Trinajstić information content (AvgIpc) is 2.12. The van der Waals surface area contributed by atoms with E-state index in [0.29, 0.717) is 5.57 Å². The van der Waals surface area contributed by atoms with Crippen molar-refractivity contribution in [1.29, 1.82) is 0 Å². The summed E-state index contributed by atoms with van der Waals surface area (Å²) in [6.07, 6.45) is 2.60. The summed E-state index contributed by atoms with van der Waals surface area (Å²) in [5.74, 6) is -0.820. The SMILES string of the molecule is CCN(CC)CC/C=C(\C)C(=O)O.